The van der Waals surface area contributed by atoms with E-state index < -0.39 is 0 Å². The highest BCUT2D eigenvalue weighted by molar-refractivity contribution is 6.30. The van der Waals surface area contributed by atoms with Crippen molar-refractivity contribution in [2.45, 2.75) is 50.5 Å². The first-order valence-electron chi connectivity index (χ1n) is 8.39. The molecule has 1 N–H and O–H groups in total. The third-order valence-corrected chi connectivity index (χ3v) is 5.16. The molecule has 4 heteroatoms. The lowest BCUT2D eigenvalue weighted by Crippen LogP contribution is -2.37. The van der Waals surface area contributed by atoms with Gasteiger partial charge in [0.25, 0.3) is 0 Å². The van der Waals surface area contributed by atoms with E-state index in [2.05, 4.69) is 5.32 Å². The van der Waals surface area contributed by atoms with Crippen LogP contribution in [0.15, 0.2) is 24.3 Å². The van der Waals surface area contributed by atoms with Crippen molar-refractivity contribution in [2.24, 2.45) is 5.92 Å². The largest absolute Gasteiger partial charge is 0.376 e. The average Bonchev–Trinajstić information content (AvgIpc) is 3.21. The zero-order valence-electron chi connectivity index (χ0n) is 12.9. The van der Waals surface area contributed by atoms with E-state index in [0.717, 1.165) is 37.9 Å². The van der Waals surface area contributed by atoms with Crippen LogP contribution < -0.4 is 5.32 Å². The van der Waals surface area contributed by atoms with Gasteiger partial charge in [-0.2, -0.15) is 0 Å². The summed E-state index contributed by atoms with van der Waals surface area (Å²) < 4.78 is 5.60. The Labute approximate surface area is 137 Å². The van der Waals surface area contributed by atoms with Gasteiger partial charge >= 0.3 is 0 Å². The maximum Gasteiger partial charge on any atom is 0.227 e. The molecule has 0 radical (unpaired) electrons. The van der Waals surface area contributed by atoms with Crippen LogP contribution in [0.2, 0.25) is 5.02 Å². The lowest BCUT2D eigenvalue weighted by molar-refractivity contribution is -0.124. The number of carbonyl (C=O) groups excluding carboxylic acids is 1. The number of amides is 1. The van der Waals surface area contributed by atoms with Gasteiger partial charge in [-0.25, -0.2) is 0 Å². The number of ether oxygens (including phenoxy) is 1. The van der Waals surface area contributed by atoms with Crippen molar-refractivity contribution in [1.82, 2.24) is 5.32 Å². The Morgan fingerprint density at radius 2 is 1.91 bits per heavy atom. The van der Waals surface area contributed by atoms with Crippen LogP contribution in [-0.4, -0.2) is 25.2 Å². The van der Waals surface area contributed by atoms with Gasteiger partial charge in [-0.05, 0) is 49.3 Å². The van der Waals surface area contributed by atoms with Crippen molar-refractivity contribution in [3.8, 4) is 0 Å². The number of rotatable bonds is 5. The minimum absolute atomic E-state index is 0.0545. The van der Waals surface area contributed by atoms with E-state index in [1.807, 2.05) is 24.3 Å². The third-order valence-electron chi connectivity index (χ3n) is 4.91. The molecule has 0 spiro atoms. The molecule has 0 bridgehead atoms. The molecule has 1 saturated heterocycles. The van der Waals surface area contributed by atoms with E-state index in [1.165, 1.54) is 12.8 Å². The molecule has 120 valence electrons. The Hall–Kier alpha value is -1.06. The van der Waals surface area contributed by atoms with Gasteiger partial charge in [0, 0.05) is 18.2 Å². The first-order valence-corrected chi connectivity index (χ1v) is 8.76. The van der Waals surface area contributed by atoms with Crippen LogP contribution in [-0.2, 0) is 9.53 Å². The van der Waals surface area contributed by atoms with Gasteiger partial charge in [0.1, 0.15) is 0 Å². The Morgan fingerprint density at radius 1 is 1.18 bits per heavy atom. The van der Waals surface area contributed by atoms with Crippen molar-refractivity contribution in [1.29, 1.82) is 0 Å². The lowest BCUT2D eigenvalue weighted by Gasteiger charge is -2.24. The minimum Gasteiger partial charge on any atom is -0.376 e. The molecule has 1 aliphatic carbocycles. The first-order chi connectivity index (χ1) is 10.7. The molecule has 22 heavy (non-hydrogen) atoms. The molecule has 1 aromatic carbocycles. The van der Waals surface area contributed by atoms with Crippen LogP contribution in [0.25, 0.3) is 0 Å². The summed E-state index contributed by atoms with van der Waals surface area (Å²) >= 11 is 5.99. The molecule has 1 saturated carbocycles. The summed E-state index contributed by atoms with van der Waals surface area (Å²) in [6.07, 6.45) is 7.08. The molecule has 2 atom stereocenters. The maximum atomic E-state index is 12.8. The fourth-order valence-electron chi connectivity index (χ4n) is 3.73. The van der Waals surface area contributed by atoms with Crippen LogP contribution in [0.1, 0.15) is 50.0 Å². The quantitative estimate of drug-likeness (QED) is 0.893. The average molecular weight is 322 g/mol. The molecular formula is C18H24ClNO2. The Bertz CT molecular complexity index is 490. The number of carbonyl (C=O) groups is 1. The number of nitrogens with one attached hydrogen (secondary N) is 1. The molecular weight excluding hydrogens is 298 g/mol. The number of hydrogen-bond donors (Lipinski definition) is 1. The summed E-state index contributed by atoms with van der Waals surface area (Å²) in [5, 5.41) is 3.83. The summed E-state index contributed by atoms with van der Waals surface area (Å²) in [4.78, 5) is 12.8. The fraction of sp³-hybridized carbons (Fsp3) is 0.611. The predicted octanol–water partition coefficient (Wildman–Crippen LogP) is 3.91. The molecule has 1 heterocycles. The second kappa shape index (κ2) is 7.47. The highest BCUT2D eigenvalue weighted by atomic mass is 35.5. The summed E-state index contributed by atoms with van der Waals surface area (Å²) in [5.74, 6) is 0.538. The maximum absolute atomic E-state index is 12.8. The highest BCUT2D eigenvalue weighted by Gasteiger charge is 2.32. The fourth-order valence-corrected chi connectivity index (χ4v) is 3.85. The second-order valence-corrected chi connectivity index (χ2v) is 6.89. The minimum atomic E-state index is -0.0545. The molecule has 1 aliphatic heterocycles. The van der Waals surface area contributed by atoms with Gasteiger partial charge in [-0.15, -0.1) is 0 Å². The molecule has 3 rings (SSSR count). The number of halogens is 1. The van der Waals surface area contributed by atoms with E-state index in [9.17, 15) is 4.79 Å². The van der Waals surface area contributed by atoms with Gasteiger partial charge in [0.2, 0.25) is 5.91 Å². The van der Waals surface area contributed by atoms with Gasteiger partial charge in [0.15, 0.2) is 0 Å². The van der Waals surface area contributed by atoms with E-state index in [0.29, 0.717) is 17.5 Å². The molecule has 2 unspecified atom stereocenters. The third kappa shape index (κ3) is 3.82. The highest BCUT2D eigenvalue weighted by Crippen LogP contribution is 2.37. The van der Waals surface area contributed by atoms with Crippen LogP contribution in [0, 0.1) is 5.92 Å². The predicted molar refractivity (Wildman–Crippen MR) is 88.1 cm³/mol. The van der Waals surface area contributed by atoms with Crippen molar-refractivity contribution < 1.29 is 9.53 Å². The van der Waals surface area contributed by atoms with Gasteiger partial charge in [0.05, 0.1) is 12.0 Å². The number of hydrogen-bond acceptors (Lipinski definition) is 2. The van der Waals surface area contributed by atoms with E-state index in [4.69, 9.17) is 16.3 Å². The zero-order valence-corrected chi connectivity index (χ0v) is 13.6. The number of benzene rings is 1. The van der Waals surface area contributed by atoms with Crippen molar-refractivity contribution in [2.75, 3.05) is 13.2 Å². The standard InChI is InChI=1S/C18H24ClNO2/c19-15-9-7-14(8-10-15)17(13-4-1-2-5-13)18(21)20-12-16-6-3-11-22-16/h7-10,13,16-17H,1-6,11-12H2,(H,20,21). The van der Waals surface area contributed by atoms with Crippen LogP contribution in [0.4, 0.5) is 0 Å². The molecule has 2 fully saturated rings. The van der Waals surface area contributed by atoms with Gasteiger partial charge in [-0.1, -0.05) is 36.6 Å². The van der Waals surface area contributed by atoms with Crippen molar-refractivity contribution in [3.05, 3.63) is 34.9 Å². The summed E-state index contributed by atoms with van der Waals surface area (Å²) in [6.45, 7) is 1.46. The Morgan fingerprint density at radius 3 is 2.55 bits per heavy atom. The van der Waals surface area contributed by atoms with Crippen molar-refractivity contribution in [3.63, 3.8) is 0 Å². The zero-order chi connectivity index (χ0) is 15.4. The summed E-state index contributed by atoms with van der Waals surface area (Å²) in [7, 11) is 0. The van der Waals surface area contributed by atoms with E-state index >= 15 is 0 Å². The summed E-state index contributed by atoms with van der Waals surface area (Å²) in [5.41, 5.74) is 1.08. The van der Waals surface area contributed by atoms with Gasteiger partial charge in [-0.3, -0.25) is 4.79 Å². The van der Waals surface area contributed by atoms with Gasteiger partial charge < -0.3 is 10.1 Å². The molecule has 2 aliphatic rings. The smallest absolute Gasteiger partial charge is 0.227 e. The molecule has 1 aromatic rings. The molecule has 1 amide bonds. The van der Waals surface area contributed by atoms with Crippen LogP contribution >= 0.6 is 11.6 Å². The van der Waals surface area contributed by atoms with Crippen LogP contribution in [0.5, 0.6) is 0 Å². The Kier molecular flexibility index (Phi) is 5.37. The Balaban J connectivity index is 1.69. The van der Waals surface area contributed by atoms with Crippen LogP contribution in [0.3, 0.4) is 0 Å². The molecule has 0 aromatic heterocycles. The first kappa shape index (κ1) is 15.8. The summed E-state index contributed by atoms with van der Waals surface area (Å²) in [6, 6.07) is 7.76. The SMILES string of the molecule is O=C(NCC1CCCO1)C(c1ccc(Cl)cc1)C1CCCC1. The lowest BCUT2D eigenvalue weighted by atomic mass is 9.84. The second-order valence-electron chi connectivity index (χ2n) is 6.45. The van der Waals surface area contributed by atoms with E-state index in [1.54, 1.807) is 0 Å². The molecule has 3 nitrogen and oxygen atoms in total. The topological polar surface area (TPSA) is 38.3 Å². The monoisotopic (exact) mass is 321 g/mol. The normalized spacial score (nSPS) is 23.6. The van der Waals surface area contributed by atoms with E-state index in [-0.39, 0.29) is 17.9 Å². The van der Waals surface area contributed by atoms with Crippen molar-refractivity contribution >= 4 is 17.5 Å².